The molecule has 1 heterocycles. The van der Waals surface area contributed by atoms with Crippen molar-refractivity contribution in [2.24, 2.45) is 5.73 Å². The fourth-order valence-electron chi connectivity index (χ4n) is 2.96. The molecule has 0 aliphatic carbocycles. The topological polar surface area (TPSA) is 29.3 Å². The minimum absolute atomic E-state index is 0.632. The van der Waals surface area contributed by atoms with Gasteiger partial charge in [-0.3, -0.25) is 0 Å². The van der Waals surface area contributed by atoms with Gasteiger partial charge in [-0.1, -0.05) is 38.1 Å². The highest BCUT2D eigenvalue weighted by molar-refractivity contribution is 5.27. The minimum Gasteiger partial charge on any atom is -0.330 e. The van der Waals surface area contributed by atoms with E-state index in [0.29, 0.717) is 5.92 Å². The van der Waals surface area contributed by atoms with Gasteiger partial charge in [0.15, 0.2) is 0 Å². The van der Waals surface area contributed by atoms with Gasteiger partial charge in [0.05, 0.1) is 0 Å². The van der Waals surface area contributed by atoms with Gasteiger partial charge in [-0.2, -0.15) is 0 Å². The summed E-state index contributed by atoms with van der Waals surface area (Å²) in [5.74, 6) is 1.39. The molecule has 1 saturated heterocycles. The van der Waals surface area contributed by atoms with Crippen LogP contribution in [0.3, 0.4) is 0 Å². The lowest BCUT2D eigenvalue weighted by atomic mass is 9.88. The second-order valence-electron chi connectivity index (χ2n) is 6.08. The molecule has 0 radical (unpaired) electrons. The summed E-state index contributed by atoms with van der Waals surface area (Å²) in [5.41, 5.74) is 8.55. The van der Waals surface area contributed by atoms with Crippen molar-refractivity contribution in [3.8, 4) is 0 Å². The van der Waals surface area contributed by atoms with Gasteiger partial charge in [-0.25, -0.2) is 0 Å². The average Bonchev–Trinajstić information content (AvgIpc) is 2.46. The lowest BCUT2D eigenvalue weighted by Gasteiger charge is -2.32. The van der Waals surface area contributed by atoms with Crippen molar-refractivity contribution in [2.45, 2.75) is 44.9 Å². The highest BCUT2D eigenvalue weighted by atomic mass is 15.1. The molecule has 2 heteroatoms. The summed E-state index contributed by atoms with van der Waals surface area (Å²) >= 11 is 0. The first-order valence-electron chi connectivity index (χ1n) is 7.73. The van der Waals surface area contributed by atoms with Gasteiger partial charge in [-0.05, 0) is 68.4 Å². The molecule has 19 heavy (non-hydrogen) atoms. The van der Waals surface area contributed by atoms with Crippen molar-refractivity contribution in [1.29, 1.82) is 0 Å². The standard InChI is InChI=1S/C17H28N2/c1-14(2)15-4-6-16(7-5-15)17-8-12-19(13-9-17)11-3-10-18/h4-7,14,17H,3,8-13,18H2,1-2H3. The fourth-order valence-corrected chi connectivity index (χ4v) is 2.96. The van der Waals surface area contributed by atoms with Gasteiger partial charge in [0.2, 0.25) is 0 Å². The summed E-state index contributed by atoms with van der Waals surface area (Å²) in [5, 5.41) is 0. The summed E-state index contributed by atoms with van der Waals surface area (Å²) in [6, 6.07) is 9.30. The molecule has 0 atom stereocenters. The van der Waals surface area contributed by atoms with Crippen molar-refractivity contribution in [3.05, 3.63) is 35.4 Å². The van der Waals surface area contributed by atoms with E-state index in [9.17, 15) is 0 Å². The number of benzene rings is 1. The third-order valence-corrected chi connectivity index (χ3v) is 4.34. The highest BCUT2D eigenvalue weighted by Crippen LogP contribution is 2.29. The van der Waals surface area contributed by atoms with Gasteiger partial charge in [0.1, 0.15) is 0 Å². The van der Waals surface area contributed by atoms with E-state index in [2.05, 4.69) is 43.0 Å². The maximum Gasteiger partial charge on any atom is -0.000671 e. The zero-order valence-corrected chi connectivity index (χ0v) is 12.4. The first-order valence-corrected chi connectivity index (χ1v) is 7.73. The van der Waals surface area contributed by atoms with Gasteiger partial charge in [-0.15, -0.1) is 0 Å². The van der Waals surface area contributed by atoms with E-state index in [-0.39, 0.29) is 0 Å². The van der Waals surface area contributed by atoms with E-state index in [1.54, 1.807) is 0 Å². The van der Waals surface area contributed by atoms with E-state index in [4.69, 9.17) is 5.73 Å². The Kier molecular flexibility index (Phi) is 5.41. The molecule has 106 valence electrons. The normalized spacial score (nSPS) is 18.1. The monoisotopic (exact) mass is 260 g/mol. The van der Waals surface area contributed by atoms with E-state index >= 15 is 0 Å². The van der Waals surface area contributed by atoms with E-state index < -0.39 is 0 Å². The van der Waals surface area contributed by atoms with Gasteiger partial charge in [0, 0.05) is 0 Å². The second-order valence-corrected chi connectivity index (χ2v) is 6.08. The third-order valence-electron chi connectivity index (χ3n) is 4.34. The van der Waals surface area contributed by atoms with Crippen LogP contribution in [0.5, 0.6) is 0 Å². The number of hydrogen-bond donors (Lipinski definition) is 1. The Morgan fingerprint density at radius 1 is 1.16 bits per heavy atom. The van der Waals surface area contributed by atoms with Crippen molar-refractivity contribution in [2.75, 3.05) is 26.2 Å². The zero-order chi connectivity index (χ0) is 13.7. The minimum atomic E-state index is 0.632. The van der Waals surface area contributed by atoms with Crippen molar-refractivity contribution in [1.82, 2.24) is 4.90 Å². The van der Waals surface area contributed by atoms with Crippen LogP contribution >= 0.6 is 0 Å². The van der Waals surface area contributed by atoms with Crippen molar-refractivity contribution >= 4 is 0 Å². The lowest BCUT2D eigenvalue weighted by molar-refractivity contribution is 0.211. The molecule has 1 aliphatic rings. The van der Waals surface area contributed by atoms with Gasteiger partial charge in [0.25, 0.3) is 0 Å². The molecular formula is C17H28N2. The second kappa shape index (κ2) is 7.06. The molecule has 2 nitrogen and oxygen atoms in total. The van der Waals surface area contributed by atoms with Crippen LogP contribution in [0, 0.1) is 0 Å². The van der Waals surface area contributed by atoms with E-state index in [1.807, 2.05) is 0 Å². The number of piperidine rings is 1. The summed E-state index contributed by atoms with van der Waals surface area (Å²) < 4.78 is 0. The largest absolute Gasteiger partial charge is 0.330 e. The number of likely N-dealkylation sites (tertiary alicyclic amines) is 1. The molecule has 0 unspecified atom stereocenters. The molecule has 2 N–H and O–H groups in total. The fraction of sp³-hybridized carbons (Fsp3) is 0.647. The van der Waals surface area contributed by atoms with E-state index in [0.717, 1.165) is 18.9 Å². The number of rotatable bonds is 5. The van der Waals surface area contributed by atoms with Crippen molar-refractivity contribution < 1.29 is 0 Å². The molecule has 1 fully saturated rings. The van der Waals surface area contributed by atoms with Crippen LogP contribution in [0.15, 0.2) is 24.3 Å². The maximum absolute atomic E-state index is 5.58. The number of hydrogen-bond acceptors (Lipinski definition) is 2. The molecular weight excluding hydrogens is 232 g/mol. The molecule has 0 amide bonds. The Morgan fingerprint density at radius 2 is 1.79 bits per heavy atom. The predicted molar refractivity (Wildman–Crippen MR) is 82.6 cm³/mol. The Morgan fingerprint density at radius 3 is 2.32 bits per heavy atom. The van der Waals surface area contributed by atoms with Crippen LogP contribution in [0.4, 0.5) is 0 Å². The maximum atomic E-state index is 5.58. The molecule has 1 aromatic rings. The van der Waals surface area contributed by atoms with Crippen LogP contribution in [0.2, 0.25) is 0 Å². The van der Waals surface area contributed by atoms with Crippen LogP contribution in [-0.2, 0) is 0 Å². The quantitative estimate of drug-likeness (QED) is 0.880. The molecule has 1 aromatic carbocycles. The Hall–Kier alpha value is -0.860. The van der Waals surface area contributed by atoms with Gasteiger partial charge < -0.3 is 10.6 Å². The Labute approximate surface area is 118 Å². The van der Waals surface area contributed by atoms with Crippen molar-refractivity contribution in [3.63, 3.8) is 0 Å². The third kappa shape index (κ3) is 4.05. The van der Waals surface area contributed by atoms with Gasteiger partial charge >= 0.3 is 0 Å². The van der Waals surface area contributed by atoms with Crippen LogP contribution in [0.25, 0.3) is 0 Å². The first kappa shape index (κ1) is 14.5. The zero-order valence-electron chi connectivity index (χ0n) is 12.4. The number of nitrogens with zero attached hydrogens (tertiary/aromatic N) is 1. The summed E-state index contributed by atoms with van der Waals surface area (Å²) in [6.07, 6.45) is 3.73. The lowest BCUT2D eigenvalue weighted by Crippen LogP contribution is -2.34. The Bertz CT molecular complexity index is 361. The van der Waals surface area contributed by atoms with Crippen LogP contribution in [-0.4, -0.2) is 31.1 Å². The number of nitrogens with two attached hydrogens (primary N) is 1. The molecule has 0 bridgehead atoms. The summed E-state index contributed by atoms with van der Waals surface area (Å²) in [4.78, 5) is 2.56. The SMILES string of the molecule is CC(C)c1ccc(C2CCN(CCCN)CC2)cc1. The average molecular weight is 260 g/mol. The molecule has 2 rings (SSSR count). The molecule has 0 spiro atoms. The smallest absolute Gasteiger partial charge is 0.000671 e. The molecule has 0 aromatic heterocycles. The summed E-state index contributed by atoms with van der Waals surface area (Å²) in [7, 11) is 0. The van der Waals surface area contributed by atoms with E-state index in [1.165, 1.54) is 43.6 Å². The predicted octanol–water partition coefficient (Wildman–Crippen LogP) is 3.34. The highest BCUT2D eigenvalue weighted by Gasteiger charge is 2.20. The molecule has 1 aliphatic heterocycles. The van der Waals surface area contributed by atoms with Crippen LogP contribution in [0.1, 0.15) is 56.1 Å². The first-order chi connectivity index (χ1) is 9.20. The Balaban J connectivity index is 1.87. The summed E-state index contributed by atoms with van der Waals surface area (Å²) in [6.45, 7) is 8.97. The molecule has 0 saturated carbocycles. The van der Waals surface area contributed by atoms with Crippen LogP contribution < -0.4 is 5.73 Å².